The fraction of sp³-hybridized carbons (Fsp3) is 0.231. The van der Waals surface area contributed by atoms with Crippen molar-refractivity contribution in [2.45, 2.75) is 12.3 Å². The Morgan fingerprint density at radius 1 is 1.40 bits per heavy atom. The Kier molecular flexibility index (Phi) is 3.95. The lowest BCUT2D eigenvalue weighted by atomic mass is 10.2. The summed E-state index contributed by atoms with van der Waals surface area (Å²) < 4.78 is 0. The van der Waals surface area contributed by atoms with Crippen LogP contribution in [0.15, 0.2) is 24.4 Å². The molecular formula is C13H10Cl2N2OS2. The zero-order chi connectivity index (χ0) is 14.3. The molecule has 0 radical (unpaired) electrons. The van der Waals surface area contributed by atoms with E-state index in [1.165, 1.54) is 23.1 Å². The number of hydrogen-bond donors (Lipinski definition) is 0. The van der Waals surface area contributed by atoms with Gasteiger partial charge in [0.2, 0.25) is 5.91 Å². The molecule has 1 amide bonds. The molecule has 1 atom stereocenters. The molecule has 0 unspecified atom stereocenters. The van der Waals surface area contributed by atoms with Crippen molar-refractivity contribution in [2.75, 3.05) is 10.7 Å². The van der Waals surface area contributed by atoms with Crippen LogP contribution in [-0.2, 0) is 4.79 Å². The summed E-state index contributed by atoms with van der Waals surface area (Å²) in [6, 6.07) is 5.49. The summed E-state index contributed by atoms with van der Waals surface area (Å²) in [6.45, 7) is 1.97. The standard InChI is InChI=1S/C13H10Cl2N2OS2/c1-7-5-16-13(20-7)17-10(18)6-19-12(17)8-3-2-4-9(14)11(8)15/h2-5,12H,6H2,1H3/t12-/m0/s1. The summed E-state index contributed by atoms with van der Waals surface area (Å²) in [4.78, 5) is 19.2. The highest BCUT2D eigenvalue weighted by Crippen LogP contribution is 2.46. The highest BCUT2D eigenvalue weighted by molar-refractivity contribution is 8.00. The van der Waals surface area contributed by atoms with Crippen LogP contribution in [0.5, 0.6) is 0 Å². The summed E-state index contributed by atoms with van der Waals surface area (Å²) in [7, 11) is 0. The van der Waals surface area contributed by atoms with Crippen molar-refractivity contribution in [2.24, 2.45) is 0 Å². The maximum atomic E-state index is 12.2. The smallest absolute Gasteiger partial charge is 0.240 e. The van der Waals surface area contributed by atoms with E-state index < -0.39 is 0 Å². The van der Waals surface area contributed by atoms with E-state index in [-0.39, 0.29) is 11.3 Å². The third-order valence-corrected chi connectivity index (χ3v) is 5.87. The third-order valence-electron chi connectivity index (χ3n) is 2.93. The number of aryl methyl sites for hydroxylation is 1. The number of carbonyl (C=O) groups is 1. The lowest BCUT2D eigenvalue weighted by molar-refractivity contribution is -0.115. The summed E-state index contributed by atoms with van der Waals surface area (Å²) in [5.74, 6) is 0.469. The maximum absolute atomic E-state index is 12.2. The molecule has 1 saturated heterocycles. The fourth-order valence-corrected chi connectivity index (χ4v) is 4.56. The third kappa shape index (κ3) is 2.44. The molecule has 3 nitrogen and oxygen atoms in total. The van der Waals surface area contributed by atoms with E-state index >= 15 is 0 Å². The molecule has 20 heavy (non-hydrogen) atoms. The molecule has 7 heteroatoms. The average molecular weight is 345 g/mol. The molecule has 0 N–H and O–H groups in total. The van der Waals surface area contributed by atoms with Gasteiger partial charge in [0.05, 0.1) is 15.8 Å². The number of thioether (sulfide) groups is 1. The quantitative estimate of drug-likeness (QED) is 0.801. The molecular weight excluding hydrogens is 335 g/mol. The van der Waals surface area contributed by atoms with Crippen molar-refractivity contribution >= 4 is 57.3 Å². The first kappa shape index (κ1) is 14.2. The number of hydrogen-bond acceptors (Lipinski definition) is 4. The number of carbonyl (C=O) groups excluding carboxylic acids is 1. The van der Waals surface area contributed by atoms with Crippen molar-refractivity contribution < 1.29 is 4.79 Å². The molecule has 1 fully saturated rings. The highest BCUT2D eigenvalue weighted by atomic mass is 35.5. The van der Waals surface area contributed by atoms with E-state index in [1.807, 2.05) is 19.1 Å². The Balaban J connectivity index is 2.04. The van der Waals surface area contributed by atoms with Gasteiger partial charge in [-0.3, -0.25) is 9.69 Å². The van der Waals surface area contributed by atoms with E-state index in [0.29, 0.717) is 20.9 Å². The Morgan fingerprint density at radius 3 is 2.90 bits per heavy atom. The summed E-state index contributed by atoms with van der Waals surface area (Å²) in [5.41, 5.74) is 0.850. The average Bonchev–Trinajstić information content (AvgIpc) is 2.99. The van der Waals surface area contributed by atoms with Crippen molar-refractivity contribution in [1.29, 1.82) is 0 Å². The number of aromatic nitrogens is 1. The second-order valence-corrected chi connectivity index (χ2v) is 7.39. The van der Waals surface area contributed by atoms with Crippen molar-refractivity contribution in [1.82, 2.24) is 4.98 Å². The summed E-state index contributed by atoms with van der Waals surface area (Å²) in [6.07, 6.45) is 1.77. The minimum Gasteiger partial charge on any atom is -0.273 e. The Hall–Kier alpha value is -0.750. The van der Waals surface area contributed by atoms with Crippen LogP contribution >= 0.6 is 46.3 Å². The Bertz CT molecular complexity index is 674. The van der Waals surface area contributed by atoms with Crippen LogP contribution in [0.1, 0.15) is 15.8 Å². The van der Waals surface area contributed by atoms with Gasteiger partial charge in [-0.2, -0.15) is 0 Å². The monoisotopic (exact) mass is 344 g/mol. The number of amides is 1. The highest BCUT2D eigenvalue weighted by Gasteiger charge is 2.37. The molecule has 0 saturated carbocycles. The Labute approximate surface area is 134 Å². The van der Waals surface area contributed by atoms with Crippen LogP contribution in [0.3, 0.4) is 0 Å². The van der Waals surface area contributed by atoms with E-state index in [0.717, 1.165) is 10.4 Å². The maximum Gasteiger partial charge on any atom is 0.240 e. The zero-order valence-corrected chi connectivity index (χ0v) is 13.6. The molecule has 3 rings (SSSR count). The minimum atomic E-state index is -0.167. The van der Waals surface area contributed by atoms with Gasteiger partial charge in [0, 0.05) is 16.6 Å². The Morgan fingerprint density at radius 2 is 2.20 bits per heavy atom. The SMILES string of the molecule is Cc1cnc(N2C(=O)CS[C@H]2c2cccc(Cl)c2Cl)s1. The molecule has 2 heterocycles. The van der Waals surface area contributed by atoms with Crippen molar-refractivity contribution in [3.8, 4) is 0 Å². The second-order valence-electron chi connectivity index (χ2n) is 4.32. The van der Waals surface area contributed by atoms with Gasteiger partial charge in [-0.1, -0.05) is 35.3 Å². The number of rotatable bonds is 2. The molecule has 104 valence electrons. The molecule has 2 aromatic rings. The molecule has 0 bridgehead atoms. The first-order valence-corrected chi connectivity index (χ1v) is 8.50. The van der Waals surface area contributed by atoms with Crippen LogP contribution in [0.2, 0.25) is 10.0 Å². The van der Waals surface area contributed by atoms with Gasteiger partial charge < -0.3 is 0 Å². The van der Waals surface area contributed by atoms with Crippen LogP contribution in [0.4, 0.5) is 5.13 Å². The molecule has 0 aliphatic carbocycles. The molecule has 1 aliphatic rings. The number of thiazole rings is 1. The molecule has 1 aromatic carbocycles. The van der Waals surface area contributed by atoms with Crippen LogP contribution in [-0.4, -0.2) is 16.6 Å². The van der Waals surface area contributed by atoms with Gasteiger partial charge in [-0.05, 0) is 13.0 Å². The van der Waals surface area contributed by atoms with Crippen LogP contribution in [0, 0.1) is 6.92 Å². The first-order valence-electron chi connectivity index (χ1n) is 5.88. The van der Waals surface area contributed by atoms with Crippen molar-refractivity contribution in [3.63, 3.8) is 0 Å². The van der Waals surface area contributed by atoms with E-state index in [9.17, 15) is 4.79 Å². The number of nitrogens with zero attached hydrogens (tertiary/aromatic N) is 2. The number of halogens is 2. The summed E-state index contributed by atoms with van der Waals surface area (Å²) in [5, 5.41) is 1.54. The van der Waals surface area contributed by atoms with Gasteiger partial charge in [0.15, 0.2) is 5.13 Å². The predicted molar refractivity (Wildman–Crippen MR) is 86.0 cm³/mol. The van der Waals surface area contributed by atoms with Gasteiger partial charge >= 0.3 is 0 Å². The van der Waals surface area contributed by atoms with Crippen LogP contribution < -0.4 is 4.90 Å². The van der Waals surface area contributed by atoms with Gasteiger partial charge in [0.25, 0.3) is 0 Å². The lowest BCUT2D eigenvalue weighted by Gasteiger charge is -2.22. The van der Waals surface area contributed by atoms with Gasteiger partial charge in [-0.15, -0.1) is 23.1 Å². The lowest BCUT2D eigenvalue weighted by Crippen LogP contribution is -2.27. The van der Waals surface area contributed by atoms with Gasteiger partial charge in [-0.25, -0.2) is 4.98 Å². The van der Waals surface area contributed by atoms with E-state index in [1.54, 1.807) is 17.2 Å². The molecule has 1 aromatic heterocycles. The largest absolute Gasteiger partial charge is 0.273 e. The first-order chi connectivity index (χ1) is 9.58. The molecule has 0 spiro atoms. The number of anilines is 1. The zero-order valence-electron chi connectivity index (χ0n) is 10.5. The van der Waals surface area contributed by atoms with E-state index in [4.69, 9.17) is 23.2 Å². The molecule has 1 aliphatic heterocycles. The normalized spacial score (nSPS) is 18.9. The second kappa shape index (κ2) is 5.56. The topological polar surface area (TPSA) is 33.2 Å². The van der Waals surface area contributed by atoms with Crippen LogP contribution in [0.25, 0.3) is 0 Å². The minimum absolute atomic E-state index is 0.0467. The fourth-order valence-electron chi connectivity index (χ4n) is 2.03. The number of benzene rings is 1. The van der Waals surface area contributed by atoms with Crippen molar-refractivity contribution in [3.05, 3.63) is 44.9 Å². The predicted octanol–water partition coefficient (Wildman–Crippen LogP) is 4.54. The van der Waals surface area contributed by atoms with Gasteiger partial charge in [0.1, 0.15) is 5.37 Å². The summed E-state index contributed by atoms with van der Waals surface area (Å²) >= 11 is 15.4. The van der Waals surface area contributed by atoms with E-state index in [2.05, 4.69) is 4.98 Å².